The second-order valence-electron chi connectivity index (χ2n) is 13.7. The molecule has 3 N–H and O–H groups in total. The lowest BCUT2D eigenvalue weighted by atomic mass is 10.2. The fourth-order valence-electron chi connectivity index (χ4n) is 5.37. The highest BCUT2D eigenvalue weighted by Gasteiger charge is 2.23. The highest BCUT2D eigenvalue weighted by atomic mass is 32.2. The number of carboxylic acids is 3. The Morgan fingerprint density at radius 1 is 0.414 bits per heavy atom. The van der Waals surface area contributed by atoms with Crippen molar-refractivity contribution in [2.24, 2.45) is 0 Å². The summed E-state index contributed by atoms with van der Waals surface area (Å²) in [5.41, 5.74) is 0. The average Bonchev–Trinajstić information content (AvgIpc) is 3.17. The van der Waals surface area contributed by atoms with Gasteiger partial charge in [0, 0.05) is 44.5 Å². The van der Waals surface area contributed by atoms with E-state index in [0.717, 1.165) is 0 Å². The molecule has 0 amide bonds. The van der Waals surface area contributed by atoms with Gasteiger partial charge in [0.1, 0.15) is 19.3 Å². The number of hydrogen-bond donors (Lipinski definition) is 3. The van der Waals surface area contributed by atoms with Crippen LogP contribution in [0.15, 0.2) is 0 Å². The van der Waals surface area contributed by atoms with Crippen LogP contribution in [0.4, 0.5) is 0 Å². The smallest absolute Gasteiger partial charge is 0.306 e. The predicted molar refractivity (Wildman–Crippen MR) is 227 cm³/mol. The molecule has 0 aliphatic carbocycles. The minimum atomic E-state index is -0.871. The molecule has 0 spiro atoms. The molecule has 7 atom stereocenters. The number of thioether (sulfide) groups is 3. The molecule has 58 heavy (non-hydrogen) atoms. The molecule has 0 radical (unpaired) electrons. The van der Waals surface area contributed by atoms with E-state index in [1.54, 1.807) is 0 Å². The van der Waals surface area contributed by atoms with Crippen LogP contribution in [0.3, 0.4) is 0 Å². The maximum absolute atomic E-state index is 12.6. The van der Waals surface area contributed by atoms with Crippen molar-refractivity contribution in [1.82, 2.24) is 0 Å². The summed E-state index contributed by atoms with van der Waals surface area (Å²) in [6.45, 7) is 12.4. The Morgan fingerprint density at radius 3 is 1.07 bits per heavy atom. The van der Waals surface area contributed by atoms with Crippen LogP contribution >= 0.6 is 35.3 Å². The van der Waals surface area contributed by atoms with Gasteiger partial charge >= 0.3 is 35.8 Å². The number of aliphatic carboxylic acids is 3. The average molecular weight is 887 g/mol. The zero-order chi connectivity index (χ0) is 43.7. The Labute approximate surface area is 357 Å². The molecular weight excluding hydrogens is 817 g/mol. The quantitative estimate of drug-likeness (QED) is 0.0325. The summed E-state index contributed by atoms with van der Waals surface area (Å²) in [6.07, 6.45) is 4.65. The van der Waals surface area contributed by atoms with Crippen LogP contribution in [-0.2, 0) is 57.2 Å². The molecule has 0 heterocycles. The van der Waals surface area contributed by atoms with Crippen LogP contribution in [0.1, 0.15) is 125 Å². The number of carboxylic acid groups (broad SMARTS) is 3. The lowest BCUT2D eigenvalue weighted by Crippen LogP contribution is -2.29. The SMILES string of the molecule is CCC(CC(=O)O)SC(CC)CC(=O)OCCCOCC(COCCOC(=O)CC(CC)SC(CC)CC(=O)O)OCCOC(=O)CC(CC)SC(CC)CC(=O)O. The topological polar surface area (TPSA) is 218 Å². The monoisotopic (exact) mass is 886 g/mol. The Morgan fingerprint density at radius 2 is 0.724 bits per heavy atom. The van der Waals surface area contributed by atoms with Gasteiger partial charge in [-0.15, -0.1) is 0 Å². The summed E-state index contributed by atoms with van der Waals surface area (Å²) in [7, 11) is 0. The molecule has 0 aliphatic heterocycles. The van der Waals surface area contributed by atoms with Crippen LogP contribution in [0.5, 0.6) is 0 Å². The van der Waals surface area contributed by atoms with Crippen LogP contribution in [0.2, 0.25) is 0 Å². The molecule has 0 saturated heterocycles. The molecule has 7 unspecified atom stereocenters. The van der Waals surface area contributed by atoms with E-state index in [1.807, 2.05) is 41.5 Å². The first kappa shape index (κ1) is 55.8. The molecule has 0 saturated carbocycles. The third-order valence-electron chi connectivity index (χ3n) is 8.77. The van der Waals surface area contributed by atoms with Crippen molar-refractivity contribution in [2.45, 2.75) is 163 Å². The first-order valence-electron chi connectivity index (χ1n) is 20.5. The van der Waals surface area contributed by atoms with E-state index >= 15 is 0 Å². The van der Waals surface area contributed by atoms with Crippen molar-refractivity contribution in [1.29, 1.82) is 0 Å². The third kappa shape index (κ3) is 30.7. The summed E-state index contributed by atoms with van der Waals surface area (Å²) >= 11 is 4.50. The summed E-state index contributed by atoms with van der Waals surface area (Å²) in [5.74, 6) is -3.75. The van der Waals surface area contributed by atoms with Gasteiger partial charge in [-0.05, 0) is 38.5 Å². The van der Waals surface area contributed by atoms with Crippen molar-refractivity contribution in [2.75, 3.05) is 52.9 Å². The zero-order valence-electron chi connectivity index (χ0n) is 35.4. The normalized spacial score (nSPS) is 15.0. The molecular formula is C40H70O15S3. The highest BCUT2D eigenvalue weighted by molar-refractivity contribution is 8.01. The highest BCUT2D eigenvalue weighted by Crippen LogP contribution is 2.30. The van der Waals surface area contributed by atoms with Crippen LogP contribution < -0.4 is 0 Å². The summed E-state index contributed by atoms with van der Waals surface area (Å²) in [4.78, 5) is 70.9. The summed E-state index contributed by atoms with van der Waals surface area (Å²) < 4.78 is 33.6. The van der Waals surface area contributed by atoms with Crippen LogP contribution in [-0.4, -0.2) is 142 Å². The molecule has 0 aromatic carbocycles. The van der Waals surface area contributed by atoms with Gasteiger partial charge in [-0.3, -0.25) is 28.8 Å². The predicted octanol–water partition coefficient (Wildman–Crippen LogP) is 6.89. The number of esters is 3. The van der Waals surface area contributed by atoms with E-state index in [0.29, 0.717) is 44.9 Å². The first-order valence-corrected chi connectivity index (χ1v) is 23.4. The standard InChI is InChI=1S/C40H70O15S3/c1-7-29(20-35(41)42)56-32(10-4)23-38(47)53-15-13-14-50-26-28(52-18-19-55-40(49)25-34(12-6)58-31(9-3)22-37(45)46)27-51-16-17-54-39(48)24-33(11-5)57-30(8-2)21-36(43)44/h28-34H,7-27H2,1-6H3,(H,41,42)(H,43,44)(H,45,46). The fraction of sp³-hybridized carbons (Fsp3) is 0.850. The Kier molecular flexibility index (Phi) is 34.1. The van der Waals surface area contributed by atoms with E-state index in [4.69, 9.17) is 43.7 Å². The minimum absolute atomic E-state index is 0.00928. The maximum atomic E-state index is 12.6. The van der Waals surface area contributed by atoms with E-state index < -0.39 is 36.0 Å². The molecule has 15 nitrogen and oxygen atoms in total. The number of ether oxygens (including phenoxy) is 6. The summed E-state index contributed by atoms with van der Waals surface area (Å²) in [5, 5.41) is 27.0. The van der Waals surface area contributed by atoms with Crippen LogP contribution in [0, 0.1) is 0 Å². The van der Waals surface area contributed by atoms with Crippen molar-refractivity contribution >= 4 is 71.1 Å². The lowest BCUT2D eigenvalue weighted by Gasteiger charge is -2.21. The minimum Gasteiger partial charge on any atom is -0.481 e. The van der Waals surface area contributed by atoms with E-state index in [2.05, 4.69) is 0 Å². The van der Waals surface area contributed by atoms with Crippen LogP contribution in [0.25, 0.3) is 0 Å². The Bertz CT molecular complexity index is 1160. The molecule has 18 heteroatoms. The van der Waals surface area contributed by atoms with Gasteiger partial charge in [0.15, 0.2) is 0 Å². The van der Waals surface area contributed by atoms with Gasteiger partial charge in [-0.1, -0.05) is 41.5 Å². The molecule has 0 aromatic rings. The van der Waals surface area contributed by atoms with Gasteiger partial charge in [0.25, 0.3) is 0 Å². The second kappa shape index (κ2) is 35.5. The second-order valence-corrected chi connectivity index (χ2v) is 18.5. The number of hydrogen-bond acceptors (Lipinski definition) is 15. The van der Waals surface area contributed by atoms with Crippen molar-refractivity contribution in [3.8, 4) is 0 Å². The number of carbonyl (C=O) groups is 6. The maximum Gasteiger partial charge on any atom is 0.306 e. The zero-order valence-corrected chi connectivity index (χ0v) is 37.8. The number of carbonyl (C=O) groups excluding carboxylic acids is 3. The summed E-state index contributed by atoms with van der Waals surface area (Å²) in [6, 6.07) is 0. The van der Waals surface area contributed by atoms with E-state index in [1.165, 1.54) is 35.3 Å². The molecule has 0 rings (SSSR count). The lowest BCUT2D eigenvalue weighted by molar-refractivity contribution is -0.149. The van der Waals surface area contributed by atoms with Crippen molar-refractivity contribution in [3.05, 3.63) is 0 Å². The van der Waals surface area contributed by atoms with E-state index in [-0.39, 0.29) is 129 Å². The Hall–Kier alpha value is -2.25. The molecule has 0 fully saturated rings. The molecule has 338 valence electrons. The number of rotatable bonds is 39. The third-order valence-corrected chi connectivity index (χ3v) is 14.1. The van der Waals surface area contributed by atoms with Gasteiger partial charge in [0.2, 0.25) is 0 Å². The van der Waals surface area contributed by atoms with Crippen molar-refractivity contribution < 1.29 is 72.5 Å². The van der Waals surface area contributed by atoms with Gasteiger partial charge in [-0.2, -0.15) is 35.3 Å². The molecule has 0 bridgehead atoms. The van der Waals surface area contributed by atoms with Gasteiger partial charge in [0.05, 0.1) is 71.6 Å². The first-order chi connectivity index (χ1) is 27.7. The van der Waals surface area contributed by atoms with E-state index in [9.17, 15) is 28.8 Å². The fourth-order valence-corrected chi connectivity index (χ4v) is 9.57. The van der Waals surface area contributed by atoms with Gasteiger partial charge < -0.3 is 43.7 Å². The largest absolute Gasteiger partial charge is 0.481 e. The molecule has 0 aromatic heterocycles. The molecule has 0 aliphatic rings. The Balaban J connectivity index is 4.95. The van der Waals surface area contributed by atoms with Gasteiger partial charge in [-0.25, -0.2) is 0 Å². The van der Waals surface area contributed by atoms with Crippen molar-refractivity contribution in [3.63, 3.8) is 0 Å².